The largest absolute Gasteiger partial charge is 0.122 e. The van der Waals surface area contributed by atoms with Crippen molar-refractivity contribution in [3.63, 3.8) is 0 Å². The van der Waals surface area contributed by atoms with Crippen molar-refractivity contribution in [1.82, 2.24) is 0 Å². The number of alkyl halides is 1. The van der Waals surface area contributed by atoms with Crippen molar-refractivity contribution in [2.75, 3.05) is 0 Å². The Morgan fingerprint density at radius 3 is 2.36 bits per heavy atom. The van der Waals surface area contributed by atoms with E-state index in [4.69, 9.17) is 11.6 Å². The van der Waals surface area contributed by atoms with Crippen LogP contribution < -0.4 is 0 Å². The van der Waals surface area contributed by atoms with E-state index in [1.807, 2.05) is 6.07 Å². The van der Waals surface area contributed by atoms with Crippen LogP contribution in [0.25, 0.3) is 0 Å². The third-order valence-electron chi connectivity index (χ3n) is 1.78. The van der Waals surface area contributed by atoms with Crippen LogP contribution in [0.1, 0.15) is 24.5 Å². The first-order valence-electron chi connectivity index (χ1n) is 4.01. The Morgan fingerprint density at radius 2 is 1.82 bits per heavy atom. The van der Waals surface area contributed by atoms with Crippen LogP contribution in [0.4, 0.5) is 0 Å². The molecule has 0 nitrogen and oxygen atoms in total. The molecule has 1 rings (SSSR count). The van der Waals surface area contributed by atoms with Gasteiger partial charge in [-0.15, -0.1) is 11.6 Å². The van der Waals surface area contributed by atoms with Crippen molar-refractivity contribution < 1.29 is 0 Å². The Hall–Kier alpha value is -0.490. The lowest BCUT2D eigenvalue weighted by atomic mass is 10.1. The minimum atomic E-state index is 0.635. The summed E-state index contributed by atoms with van der Waals surface area (Å²) in [4.78, 5) is 0. The Kier molecular flexibility index (Phi) is 3.44. The highest BCUT2D eigenvalue weighted by atomic mass is 35.5. The summed E-state index contributed by atoms with van der Waals surface area (Å²) in [5.74, 6) is 0.635. The zero-order valence-corrected chi connectivity index (χ0v) is 7.56. The van der Waals surface area contributed by atoms with Gasteiger partial charge in [-0.2, -0.15) is 0 Å². The second-order valence-corrected chi connectivity index (χ2v) is 2.92. The molecule has 0 atom stereocenters. The molecule has 1 heteroatoms. The summed E-state index contributed by atoms with van der Waals surface area (Å²) in [6.07, 6.45) is 2.33. The Morgan fingerprint density at radius 1 is 1.18 bits per heavy atom. The molecule has 0 aliphatic rings. The van der Waals surface area contributed by atoms with Gasteiger partial charge in [-0.1, -0.05) is 37.6 Å². The SMILES string of the molecule is CCCc1ccccc1CCl. The smallest absolute Gasteiger partial charge is 0.0476 e. The standard InChI is InChI=1S/C10H13Cl/c1-2-5-9-6-3-4-7-10(9)8-11/h3-4,6-7H,2,5,8H2,1H3. The van der Waals surface area contributed by atoms with Crippen molar-refractivity contribution in [3.05, 3.63) is 35.4 Å². The lowest BCUT2D eigenvalue weighted by Gasteiger charge is -2.03. The minimum Gasteiger partial charge on any atom is -0.122 e. The maximum Gasteiger partial charge on any atom is 0.0476 e. The topological polar surface area (TPSA) is 0 Å². The van der Waals surface area contributed by atoms with E-state index in [0.717, 1.165) is 6.42 Å². The number of benzene rings is 1. The first-order chi connectivity index (χ1) is 5.38. The van der Waals surface area contributed by atoms with E-state index < -0.39 is 0 Å². The molecular formula is C10H13Cl. The van der Waals surface area contributed by atoms with E-state index in [-0.39, 0.29) is 0 Å². The monoisotopic (exact) mass is 168 g/mol. The van der Waals surface area contributed by atoms with Crippen LogP contribution >= 0.6 is 11.6 Å². The van der Waals surface area contributed by atoms with E-state index in [2.05, 4.69) is 25.1 Å². The summed E-state index contributed by atoms with van der Waals surface area (Å²) in [7, 11) is 0. The van der Waals surface area contributed by atoms with E-state index in [1.54, 1.807) is 0 Å². The number of hydrogen-bond acceptors (Lipinski definition) is 0. The lowest BCUT2D eigenvalue weighted by molar-refractivity contribution is 0.910. The molecule has 0 bridgehead atoms. The molecule has 0 heterocycles. The Bertz CT molecular complexity index is 218. The fraction of sp³-hybridized carbons (Fsp3) is 0.400. The van der Waals surface area contributed by atoms with Crippen LogP contribution in [0.2, 0.25) is 0 Å². The summed E-state index contributed by atoms with van der Waals surface area (Å²) < 4.78 is 0. The number of aryl methyl sites for hydroxylation is 1. The second kappa shape index (κ2) is 4.40. The highest BCUT2D eigenvalue weighted by Crippen LogP contribution is 2.12. The summed E-state index contributed by atoms with van der Waals surface area (Å²) in [5.41, 5.74) is 2.67. The molecule has 0 unspecified atom stereocenters. The van der Waals surface area contributed by atoms with Gasteiger partial charge in [-0.3, -0.25) is 0 Å². The Labute approximate surface area is 73.2 Å². The van der Waals surface area contributed by atoms with Gasteiger partial charge in [0.05, 0.1) is 0 Å². The minimum absolute atomic E-state index is 0.635. The van der Waals surface area contributed by atoms with E-state index >= 15 is 0 Å². The van der Waals surface area contributed by atoms with Gasteiger partial charge in [0.15, 0.2) is 0 Å². The summed E-state index contributed by atoms with van der Waals surface area (Å²) in [6, 6.07) is 8.36. The highest BCUT2D eigenvalue weighted by Gasteiger charge is 1.97. The van der Waals surface area contributed by atoms with Crippen LogP contribution in [0, 0.1) is 0 Å². The third kappa shape index (κ3) is 2.23. The van der Waals surface area contributed by atoms with Crippen LogP contribution in [0.5, 0.6) is 0 Å². The first kappa shape index (κ1) is 8.61. The molecule has 0 aliphatic carbocycles. The molecule has 0 aromatic heterocycles. The van der Waals surface area contributed by atoms with Gasteiger partial charge in [0.25, 0.3) is 0 Å². The van der Waals surface area contributed by atoms with E-state index in [0.29, 0.717) is 5.88 Å². The molecule has 0 spiro atoms. The summed E-state index contributed by atoms with van der Waals surface area (Å²) in [6.45, 7) is 2.19. The molecule has 60 valence electrons. The van der Waals surface area contributed by atoms with Gasteiger partial charge >= 0.3 is 0 Å². The van der Waals surface area contributed by atoms with Crippen molar-refractivity contribution in [3.8, 4) is 0 Å². The van der Waals surface area contributed by atoms with Crippen molar-refractivity contribution in [1.29, 1.82) is 0 Å². The molecule has 11 heavy (non-hydrogen) atoms. The van der Waals surface area contributed by atoms with Crippen LogP contribution in [0.3, 0.4) is 0 Å². The van der Waals surface area contributed by atoms with Crippen molar-refractivity contribution in [2.45, 2.75) is 25.6 Å². The number of hydrogen-bond donors (Lipinski definition) is 0. The Balaban J connectivity index is 2.83. The van der Waals surface area contributed by atoms with Gasteiger partial charge in [0, 0.05) is 5.88 Å². The number of halogens is 1. The molecular weight excluding hydrogens is 156 g/mol. The quantitative estimate of drug-likeness (QED) is 0.607. The van der Waals surface area contributed by atoms with Gasteiger partial charge in [-0.05, 0) is 17.5 Å². The fourth-order valence-corrected chi connectivity index (χ4v) is 1.46. The maximum atomic E-state index is 5.77. The van der Waals surface area contributed by atoms with Gasteiger partial charge in [-0.25, -0.2) is 0 Å². The first-order valence-corrected chi connectivity index (χ1v) is 4.54. The molecule has 0 saturated carbocycles. The molecule has 0 fully saturated rings. The molecule has 1 aromatic carbocycles. The maximum absolute atomic E-state index is 5.77. The lowest BCUT2D eigenvalue weighted by Crippen LogP contribution is -1.89. The van der Waals surface area contributed by atoms with Crippen LogP contribution in [-0.4, -0.2) is 0 Å². The highest BCUT2D eigenvalue weighted by molar-refractivity contribution is 6.17. The zero-order chi connectivity index (χ0) is 8.10. The van der Waals surface area contributed by atoms with Gasteiger partial charge in [0.1, 0.15) is 0 Å². The summed E-state index contributed by atoms with van der Waals surface area (Å²) in [5, 5.41) is 0. The third-order valence-corrected chi connectivity index (χ3v) is 2.07. The molecule has 1 aromatic rings. The molecule has 0 saturated heterocycles. The zero-order valence-electron chi connectivity index (χ0n) is 6.81. The predicted molar refractivity (Wildman–Crippen MR) is 50.0 cm³/mol. The molecule has 0 aliphatic heterocycles. The van der Waals surface area contributed by atoms with Crippen molar-refractivity contribution >= 4 is 11.6 Å². The van der Waals surface area contributed by atoms with Crippen LogP contribution in [-0.2, 0) is 12.3 Å². The molecule has 0 N–H and O–H groups in total. The van der Waals surface area contributed by atoms with Crippen molar-refractivity contribution in [2.24, 2.45) is 0 Å². The second-order valence-electron chi connectivity index (χ2n) is 2.65. The van der Waals surface area contributed by atoms with Gasteiger partial charge < -0.3 is 0 Å². The predicted octanol–water partition coefficient (Wildman–Crippen LogP) is 3.38. The van der Waals surface area contributed by atoms with Crippen LogP contribution in [0.15, 0.2) is 24.3 Å². The summed E-state index contributed by atoms with van der Waals surface area (Å²) >= 11 is 5.77. The average molecular weight is 169 g/mol. The van der Waals surface area contributed by atoms with Gasteiger partial charge in [0.2, 0.25) is 0 Å². The van der Waals surface area contributed by atoms with E-state index in [1.165, 1.54) is 17.5 Å². The average Bonchev–Trinajstić information content (AvgIpc) is 2.06. The number of rotatable bonds is 3. The van der Waals surface area contributed by atoms with E-state index in [9.17, 15) is 0 Å². The molecule has 0 radical (unpaired) electrons. The molecule has 0 amide bonds. The normalized spacial score (nSPS) is 10.0. The fourth-order valence-electron chi connectivity index (χ4n) is 1.20.